The quantitative estimate of drug-likeness (QED) is 0.261. The average Bonchev–Trinajstić information content (AvgIpc) is 3.34. The van der Waals surface area contributed by atoms with Crippen LogP contribution >= 0.6 is 0 Å². The van der Waals surface area contributed by atoms with Crippen LogP contribution in [-0.4, -0.2) is 28.1 Å². The predicted molar refractivity (Wildman–Crippen MR) is 161 cm³/mol. The number of aryl methyl sites for hydroxylation is 1. The Morgan fingerprint density at radius 1 is 0.800 bits per heavy atom. The first-order valence-electron chi connectivity index (χ1n) is 13.5. The van der Waals surface area contributed by atoms with Crippen LogP contribution in [0.15, 0.2) is 119 Å². The summed E-state index contributed by atoms with van der Waals surface area (Å²) in [7, 11) is 0. The highest BCUT2D eigenvalue weighted by Crippen LogP contribution is 2.48. The van der Waals surface area contributed by atoms with Gasteiger partial charge >= 0.3 is 0 Å². The van der Waals surface area contributed by atoms with Crippen LogP contribution in [0.5, 0.6) is 5.75 Å². The van der Waals surface area contributed by atoms with Crippen molar-refractivity contribution in [2.75, 3.05) is 16.8 Å². The van der Waals surface area contributed by atoms with E-state index in [1.54, 1.807) is 0 Å². The van der Waals surface area contributed by atoms with E-state index in [1.165, 1.54) is 0 Å². The van der Waals surface area contributed by atoms with Crippen molar-refractivity contribution in [1.29, 1.82) is 0 Å². The fraction of sp³-hybridized carbons (Fsp3) is 0.121. The zero-order valence-electron chi connectivity index (χ0n) is 22.3. The van der Waals surface area contributed by atoms with Gasteiger partial charge in [0, 0.05) is 11.3 Å². The fourth-order valence-corrected chi connectivity index (χ4v) is 5.43. The van der Waals surface area contributed by atoms with E-state index in [-0.39, 0.29) is 6.04 Å². The minimum absolute atomic E-state index is 0.181. The molecule has 7 rings (SSSR count). The molecule has 7 heteroatoms. The highest BCUT2D eigenvalue weighted by molar-refractivity contribution is 6.51. The van der Waals surface area contributed by atoms with Crippen LogP contribution in [0.4, 0.5) is 22.9 Å². The lowest BCUT2D eigenvalue weighted by Gasteiger charge is -2.40. The normalized spacial score (nSPS) is 15.3. The van der Waals surface area contributed by atoms with Crippen molar-refractivity contribution in [2.45, 2.75) is 19.9 Å². The Bertz CT molecular complexity index is 1740. The monoisotopic (exact) mass is 524 g/mol. The number of fused-ring (bicyclic) bond motifs is 4. The molecular weight excluding hydrogens is 496 g/mol. The van der Waals surface area contributed by atoms with E-state index in [0.29, 0.717) is 12.4 Å². The number of hydrogen-bond acceptors (Lipinski definition) is 6. The average molecular weight is 525 g/mol. The molecule has 0 bridgehead atoms. The number of anilines is 2. The third-order valence-corrected chi connectivity index (χ3v) is 7.18. The fourth-order valence-electron chi connectivity index (χ4n) is 5.43. The minimum Gasteiger partial charge on any atom is -0.494 e. The molecule has 0 spiro atoms. The van der Waals surface area contributed by atoms with E-state index in [4.69, 9.17) is 19.8 Å². The second kappa shape index (κ2) is 9.85. The molecule has 0 fully saturated rings. The van der Waals surface area contributed by atoms with Gasteiger partial charge in [-0.2, -0.15) is 5.10 Å². The van der Waals surface area contributed by atoms with E-state index in [0.717, 1.165) is 57.0 Å². The summed E-state index contributed by atoms with van der Waals surface area (Å²) in [4.78, 5) is 12.6. The summed E-state index contributed by atoms with van der Waals surface area (Å²) in [5, 5.41) is 8.55. The molecule has 3 heterocycles. The Kier molecular flexibility index (Phi) is 5.89. The minimum atomic E-state index is -0.181. The molecular formula is C33H28N6O. The maximum atomic E-state index is 5.77. The lowest BCUT2D eigenvalue weighted by molar-refractivity contribution is 0.340. The molecule has 1 aromatic heterocycles. The second-order valence-electron chi connectivity index (χ2n) is 9.72. The molecule has 0 unspecified atom stereocenters. The zero-order valence-corrected chi connectivity index (χ0v) is 22.3. The smallest absolute Gasteiger partial charge is 0.179 e. The van der Waals surface area contributed by atoms with Gasteiger partial charge in [-0.1, -0.05) is 60.7 Å². The molecule has 1 N–H and O–H groups in total. The van der Waals surface area contributed by atoms with E-state index in [1.807, 2.05) is 90.5 Å². The summed E-state index contributed by atoms with van der Waals surface area (Å²) in [5.74, 6) is 3.08. The van der Waals surface area contributed by atoms with Crippen molar-refractivity contribution in [3.63, 3.8) is 0 Å². The van der Waals surface area contributed by atoms with Gasteiger partial charge < -0.3 is 15.0 Å². The van der Waals surface area contributed by atoms with E-state index in [9.17, 15) is 0 Å². The maximum Gasteiger partial charge on any atom is 0.179 e. The van der Waals surface area contributed by atoms with Gasteiger partial charge in [0.2, 0.25) is 0 Å². The molecule has 5 aromatic rings. The van der Waals surface area contributed by atoms with Gasteiger partial charge in [-0.05, 0) is 67.9 Å². The van der Waals surface area contributed by atoms with Crippen molar-refractivity contribution in [3.8, 4) is 11.4 Å². The van der Waals surface area contributed by atoms with Gasteiger partial charge in [0.1, 0.15) is 5.75 Å². The number of nitrogens with one attached hydrogen (secondary N) is 1. The Morgan fingerprint density at radius 3 is 2.25 bits per heavy atom. The van der Waals surface area contributed by atoms with Gasteiger partial charge in [-0.25, -0.2) is 14.7 Å². The summed E-state index contributed by atoms with van der Waals surface area (Å²) in [6.07, 6.45) is 0. The number of aliphatic imine (C=N–C) groups is 2. The standard InChI is InChI=1S/C33H28N6O/c1-3-40-26-20-18-23(19-21-26)30-29-22(2)37-39(25-14-8-5-9-15-25)32(29)36-33-31(34-24-12-6-4-7-13-24)35-27-16-10-11-17-28(27)38(30)33/h4-21,30H,3H2,1-2H3,(H,34,35)/t30-/m1/s1. The van der Waals surface area contributed by atoms with Crippen LogP contribution in [0.2, 0.25) is 0 Å². The first-order chi connectivity index (χ1) is 19.7. The molecule has 0 aliphatic carbocycles. The lowest BCUT2D eigenvalue weighted by atomic mass is 9.93. The van der Waals surface area contributed by atoms with Crippen molar-refractivity contribution in [3.05, 3.63) is 126 Å². The number of aromatic nitrogens is 2. The summed E-state index contributed by atoms with van der Waals surface area (Å²) in [6, 6.07) is 36.6. The van der Waals surface area contributed by atoms with Gasteiger partial charge in [0.25, 0.3) is 0 Å². The molecule has 0 saturated carbocycles. The van der Waals surface area contributed by atoms with Crippen LogP contribution in [0, 0.1) is 6.92 Å². The summed E-state index contributed by atoms with van der Waals surface area (Å²) >= 11 is 0. The van der Waals surface area contributed by atoms with Gasteiger partial charge in [0.05, 0.1) is 35.4 Å². The Balaban J connectivity index is 1.48. The highest BCUT2D eigenvalue weighted by Gasteiger charge is 2.41. The Labute approximate surface area is 233 Å². The number of para-hydroxylation sites is 4. The lowest BCUT2D eigenvalue weighted by Crippen LogP contribution is -2.46. The first kappa shape index (κ1) is 23.9. The number of nitrogens with zero attached hydrogens (tertiary/aromatic N) is 5. The van der Waals surface area contributed by atoms with E-state index >= 15 is 0 Å². The third kappa shape index (κ3) is 4.03. The highest BCUT2D eigenvalue weighted by atomic mass is 16.5. The summed E-state index contributed by atoms with van der Waals surface area (Å²) in [5.41, 5.74) is 6.89. The largest absolute Gasteiger partial charge is 0.494 e. The van der Waals surface area contributed by atoms with Crippen molar-refractivity contribution < 1.29 is 4.74 Å². The molecule has 0 saturated heterocycles. The number of hydrogen-bond donors (Lipinski definition) is 1. The van der Waals surface area contributed by atoms with Gasteiger partial charge in [-0.15, -0.1) is 0 Å². The molecule has 2 aliphatic rings. The van der Waals surface area contributed by atoms with E-state index in [2.05, 4.69) is 47.5 Å². The zero-order chi connectivity index (χ0) is 27.1. The number of benzene rings is 4. The SMILES string of the molecule is CCOc1ccc([C@@H]2c3c(C)nn(-c4ccccc4)c3N=C3C(Nc4ccccc4)=Nc4ccccc4N32)cc1. The molecule has 196 valence electrons. The van der Waals surface area contributed by atoms with Crippen LogP contribution in [0.1, 0.15) is 29.8 Å². The van der Waals surface area contributed by atoms with Crippen molar-refractivity contribution in [2.24, 2.45) is 9.98 Å². The van der Waals surface area contributed by atoms with Crippen LogP contribution < -0.4 is 15.0 Å². The van der Waals surface area contributed by atoms with Crippen LogP contribution in [0.25, 0.3) is 5.69 Å². The molecule has 2 aliphatic heterocycles. The van der Waals surface area contributed by atoms with Gasteiger partial charge in [-0.3, -0.25) is 0 Å². The second-order valence-corrected chi connectivity index (χ2v) is 9.72. The summed E-state index contributed by atoms with van der Waals surface area (Å²) < 4.78 is 7.71. The topological polar surface area (TPSA) is 67.0 Å². The third-order valence-electron chi connectivity index (χ3n) is 7.18. The Hall–Kier alpha value is -5.17. The van der Waals surface area contributed by atoms with Crippen LogP contribution in [-0.2, 0) is 0 Å². The number of amidine groups is 2. The first-order valence-corrected chi connectivity index (χ1v) is 13.5. The molecule has 1 atom stereocenters. The van der Waals surface area contributed by atoms with Gasteiger partial charge in [0.15, 0.2) is 17.5 Å². The predicted octanol–water partition coefficient (Wildman–Crippen LogP) is 7.37. The van der Waals surface area contributed by atoms with Crippen molar-refractivity contribution >= 4 is 34.6 Å². The van der Waals surface area contributed by atoms with E-state index < -0.39 is 0 Å². The maximum absolute atomic E-state index is 5.77. The number of rotatable bonds is 5. The molecule has 40 heavy (non-hydrogen) atoms. The molecule has 0 radical (unpaired) electrons. The molecule has 4 aromatic carbocycles. The Morgan fingerprint density at radius 2 is 1.50 bits per heavy atom. The molecule has 7 nitrogen and oxygen atoms in total. The number of ether oxygens (including phenoxy) is 1. The van der Waals surface area contributed by atoms with Crippen molar-refractivity contribution in [1.82, 2.24) is 9.78 Å². The summed E-state index contributed by atoms with van der Waals surface area (Å²) in [6.45, 7) is 4.68. The van der Waals surface area contributed by atoms with Crippen LogP contribution in [0.3, 0.4) is 0 Å². The molecule has 0 amide bonds.